The first-order chi connectivity index (χ1) is 8.25. The van der Waals surface area contributed by atoms with Crippen LogP contribution in [-0.2, 0) is 9.47 Å². The molecular weight excluding hydrogens is 236 g/mol. The van der Waals surface area contributed by atoms with Crippen LogP contribution in [0.4, 0.5) is 0 Å². The quantitative estimate of drug-likeness (QED) is 0.663. The van der Waals surface area contributed by atoms with E-state index in [2.05, 4.69) is 12.6 Å². The Hall–Kier alpha value is -1.00. The Kier molecular flexibility index (Phi) is 4.45. The lowest BCUT2D eigenvalue weighted by Gasteiger charge is -2.21. The van der Waals surface area contributed by atoms with E-state index < -0.39 is 0 Å². The van der Waals surface area contributed by atoms with Crippen LogP contribution in [0.15, 0.2) is 29.2 Å². The van der Waals surface area contributed by atoms with Crippen LogP contribution in [0.1, 0.15) is 23.2 Å². The molecule has 0 bridgehead atoms. The summed E-state index contributed by atoms with van der Waals surface area (Å²) < 4.78 is 10.5. The second-order valence-corrected chi connectivity index (χ2v) is 4.72. The first-order valence-electron chi connectivity index (χ1n) is 5.79. The second kappa shape index (κ2) is 6.07. The standard InChI is InChI=1S/C13H16O3S/c14-13(11-1-3-12(17)4-2-11)16-9-10-5-7-15-8-6-10/h1-4,10,17H,5-9H2. The molecule has 0 aliphatic carbocycles. The molecule has 0 spiro atoms. The second-order valence-electron chi connectivity index (χ2n) is 4.20. The van der Waals surface area contributed by atoms with Gasteiger partial charge in [-0.1, -0.05) is 0 Å². The van der Waals surface area contributed by atoms with Gasteiger partial charge < -0.3 is 9.47 Å². The lowest BCUT2D eigenvalue weighted by molar-refractivity contribution is 0.0185. The lowest BCUT2D eigenvalue weighted by Crippen LogP contribution is -2.21. The molecule has 1 heterocycles. The highest BCUT2D eigenvalue weighted by molar-refractivity contribution is 7.80. The molecule has 0 unspecified atom stereocenters. The Morgan fingerprint density at radius 1 is 1.29 bits per heavy atom. The highest BCUT2D eigenvalue weighted by atomic mass is 32.1. The molecule has 1 fully saturated rings. The summed E-state index contributed by atoms with van der Waals surface area (Å²) in [5.41, 5.74) is 0.579. The summed E-state index contributed by atoms with van der Waals surface area (Å²) in [5.74, 6) is 0.182. The highest BCUT2D eigenvalue weighted by Crippen LogP contribution is 2.16. The molecule has 0 N–H and O–H groups in total. The van der Waals surface area contributed by atoms with Crippen molar-refractivity contribution in [2.24, 2.45) is 5.92 Å². The Labute approximate surface area is 107 Å². The van der Waals surface area contributed by atoms with Gasteiger partial charge in [0.05, 0.1) is 12.2 Å². The van der Waals surface area contributed by atoms with Crippen molar-refractivity contribution in [3.8, 4) is 0 Å². The average Bonchev–Trinajstić information content (AvgIpc) is 2.38. The maximum atomic E-state index is 11.7. The number of thiol groups is 1. The maximum Gasteiger partial charge on any atom is 0.338 e. The fourth-order valence-electron chi connectivity index (χ4n) is 1.79. The van der Waals surface area contributed by atoms with Crippen LogP contribution in [0.5, 0.6) is 0 Å². The molecule has 1 aromatic rings. The first-order valence-corrected chi connectivity index (χ1v) is 6.24. The van der Waals surface area contributed by atoms with Gasteiger partial charge in [-0.15, -0.1) is 12.6 Å². The summed E-state index contributed by atoms with van der Waals surface area (Å²) >= 11 is 4.17. The summed E-state index contributed by atoms with van der Waals surface area (Å²) in [6, 6.07) is 7.03. The van der Waals surface area contributed by atoms with Crippen molar-refractivity contribution < 1.29 is 14.3 Å². The fraction of sp³-hybridized carbons (Fsp3) is 0.462. The summed E-state index contributed by atoms with van der Waals surface area (Å²) in [6.07, 6.45) is 1.95. The van der Waals surface area contributed by atoms with Gasteiger partial charge in [-0.2, -0.15) is 0 Å². The van der Waals surface area contributed by atoms with Gasteiger partial charge >= 0.3 is 5.97 Å². The number of ether oxygens (including phenoxy) is 2. The molecule has 3 nitrogen and oxygen atoms in total. The van der Waals surface area contributed by atoms with Crippen LogP contribution in [0, 0.1) is 5.92 Å². The van der Waals surface area contributed by atoms with E-state index in [9.17, 15) is 4.79 Å². The monoisotopic (exact) mass is 252 g/mol. The van der Waals surface area contributed by atoms with E-state index in [1.807, 2.05) is 0 Å². The van der Waals surface area contributed by atoms with Crippen molar-refractivity contribution in [1.82, 2.24) is 0 Å². The van der Waals surface area contributed by atoms with Crippen molar-refractivity contribution in [3.05, 3.63) is 29.8 Å². The van der Waals surface area contributed by atoms with E-state index >= 15 is 0 Å². The van der Waals surface area contributed by atoms with Crippen LogP contribution in [0.3, 0.4) is 0 Å². The van der Waals surface area contributed by atoms with Crippen LogP contribution in [0.2, 0.25) is 0 Å². The van der Waals surface area contributed by atoms with Crippen LogP contribution in [-0.4, -0.2) is 25.8 Å². The van der Waals surface area contributed by atoms with Gasteiger partial charge in [0.15, 0.2) is 0 Å². The van der Waals surface area contributed by atoms with Gasteiger partial charge in [0.1, 0.15) is 0 Å². The van der Waals surface area contributed by atoms with Gasteiger partial charge in [-0.05, 0) is 43.0 Å². The van der Waals surface area contributed by atoms with E-state index in [-0.39, 0.29) is 5.97 Å². The average molecular weight is 252 g/mol. The maximum absolute atomic E-state index is 11.7. The SMILES string of the molecule is O=C(OCC1CCOCC1)c1ccc(S)cc1. The number of hydrogen-bond donors (Lipinski definition) is 1. The number of carbonyl (C=O) groups excluding carboxylic acids is 1. The summed E-state index contributed by atoms with van der Waals surface area (Å²) in [5, 5.41) is 0. The minimum absolute atomic E-state index is 0.259. The molecule has 1 aliphatic heterocycles. The zero-order chi connectivity index (χ0) is 12.1. The Bertz CT molecular complexity index is 369. The predicted octanol–water partition coefficient (Wildman–Crippen LogP) is 2.56. The molecule has 0 saturated carbocycles. The van der Waals surface area contributed by atoms with Crippen LogP contribution >= 0.6 is 12.6 Å². The molecule has 17 heavy (non-hydrogen) atoms. The molecule has 4 heteroatoms. The van der Waals surface area contributed by atoms with Gasteiger partial charge in [0.2, 0.25) is 0 Å². The minimum Gasteiger partial charge on any atom is -0.462 e. The van der Waals surface area contributed by atoms with Gasteiger partial charge in [0, 0.05) is 18.1 Å². The third-order valence-corrected chi connectivity index (χ3v) is 3.19. The molecule has 1 aliphatic rings. The molecule has 1 aromatic carbocycles. The zero-order valence-electron chi connectivity index (χ0n) is 9.59. The Morgan fingerprint density at radius 3 is 2.59 bits per heavy atom. The molecule has 1 saturated heterocycles. The topological polar surface area (TPSA) is 35.5 Å². The lowest BCUT2D eigenvalue weighted by atomic mass is 10.0. The Morgan fingerprint density at radius 2 is 1.94 bits per heavy atom. The minimum atomic E-state index is -0.259. The van der Waals surface area contributed by atoms with Crippen molar-refractivity contribution in [3.63, 3.8) is 0 Å². The molecule has 0 aromatic heterocycles. The third kappa shape index (κ3) is 3.75. The van der Waals surface area contributed by atoms with Gasteiger partial charge in [-0.25, -0.2) is 4.79 Å². The number of hydrogen-bond acceptors (Lipinski definition) is 4. The summed E-state index contributed by atoms with van der Waals surface area (Å²) in [6.45, 7) is 2.04. The van der Waals surface area contributed by atoms with Crippen molar-refractivity contribution in [1.29, 1.82) is 0 Å². The molecule has 0 atom stereocenters. The van der Waals surface area contributed by atoms with Gasteiger partial charge in [0.25, 0.3) is 0 Å². The third-order valence-electron chi connectivity index (χ3n) is 2.89. The molecule has 2 rings (SSSR count). The zero-order valence-corrected chi connectivity index (χ0v) is 10.5. The molecule has 0 amide bonds. The highest BCUT2D eigenvalue weighted by Gasteiger charge is 2.16. The van der Waals surface area contributed by atoms with E-state index in [1.165, 1.54) is 0 Å². The first kappa shape index (κ1) is 12.5. The van der Waals surface area contributed by atoms with Crippen LogP contribution in [0.25, 0.3) is 0 Å². The van der Waals surface area contributed by atoms with Crippen LogP contribution < -0.4 is 0 Å². The summed E-state index contributed by atoms with van der Waals surface area (Å²) in [4.78, 5) is 12.6. The number of rotatable bonds is 3. The van der Waals surface area contributed by atoms with Gasteiger partial charge in [-0.3, -0.25) is 0 Å². The molecule has 0 radical (unpaired) electrons. The number of carbonyl (C=O) groups is 1. The predicted molar refractivity (Wildman–Crippen MR) is 67.5 cm³/mol. The van der Waals surface area contributed by atoms with E-state index in [1.54, 1.807) is 24.3 Å². The van der Waals surface area contributed by atoms with Crippen molar-refractivity contribution in [2.45, 2.75) is 17.7 Å². The van der Waals surface area contributed by atoms with Crippen molar-refractivity contribution >= 4 is 18.6 Å². The Balaban J connectivity index is 1.82. The number of benzene rings is 1. The largest absolute Gasteiger partial charge is 0.462 e. The van der Waals surface area contributed by atoms with Crippen molar-refractivity contribution in [2.75, 3.05) is 19.8 Å². The number of esters is 1. The smallest absolute Gasteiger partial charge is 0.338 e. The molecule has 92 valence electrons. The van der Waals surface area contributed by atoms with E-state index in [0.29, 0.717) is 18.1 Å². The summed E-state index contributed by atoms with van der Waals surface area (Å²) in [7, 11) is 0. The fourth-order valence-corrected chi connectivity index (χ4v) is 1.94. The normalized spacial score (nSPS) is 16.8. The molecular formula is C13H16O3S. The van der Waals surface area contributed by atoms with E-state index in [4.69, 9.17) is 9.47 Å². The van der Waals surface area contributed by atoms with E-state index in [0.717, 1.165) is 31.0 Å².